The lowest BCUT2D eigenvalue weighted by atomic mass is 9.88. The van der Waals surface area contributed by atoms with Gasteiger partial charge in [-0.2, -0.15) is 0 Å². The van der Waals surface area contributed by atoms with Gasteiger partial charge in [0.15, 0.2) is 0 Å². The summed E-state index contributed by atoms with van der Waals surface area (Å²) in [7, 11) is 1.68. The second-order valence-electron chi connectivity index (χ2n) is 4.40. The highest BCUT2D eigenvalue weighted by Gasteiger charge is 2.28. The smallest absolute Gasteiger partial charge is 0.223 e. The summed E-state index contributed by atoms with van der Waals surface area (Å²) in [4.78, 5) is 11.8. The van der Waals surface area contributed by atoms with E-state index in [1.807, 2.05) is 13.8 Å². The van der Waals surface area contributed by atoms with Gasteiger partial charge in [0.1, 0.15) is 0 Å². The quantitative estimate of drug-likeness (QED) is 0.672. The fourth-order valence-electron chi connectivity index (χ4n) is 1.62. The lowest BCUT2D eigenvalue weighted by Crippen LogP contribution is -2.50. The van der Waals surface area contributed by atoms with Crippen molar-refractivity contribution in [3.8, 4) is 0 Å². The Kier molecular flexibility index (Phi) is 5.05. The normalized spacial score (nSPS) is 20.5. The van der Waals surface area contributed by atoms with Crippen molar-refractivity contribution in [2.75, 3.05) is 26.8 Å². The number of hydrogen-bond donors (Lipinski definition) is 2. The van der Waals surface area contributed by atoms with Gasteiger partial charge in [-0.25, -0.2) is 0 Å². The van der Waals surface area contributed by atoms with E-state index in [1.165, 1.54) is 0 Å². The molecule has 0 aromatic heterocycles. The number of carbonyl (C=O) groups excluding carboxylic acids is 1. The van der Waals surface area contributed by atoms with Crippen LogP contribution in [-0.2, 0) is 9.53 Å². The van der Waals surface area contributed by atoms with Crippen LogP contribution in [0.5, 0.6) is 0 Å². The SMILES string of the molecule is COCCC(C)NC(=O)C(C)C1CNC1. The highest BCUT2D eigenvalue weighted by Crippen LogP contribution is 2.15. The molecule has 1 fully saturated rings. The molecule has 1 heterocycles. The second kappa shape index (κ2) is 6.08. The van der Waals surface area contributed by atoms with Gasteiger partial charge in [0, 0.05) is 25.7 Å². The molecule has 1 aliphatic heterocycles. The number of carbonyl (C=O) groups is 1. The summed E-state index contributed by atoms with van der Waals surface area (Å²) >= 11 is 0. The fourth-order valence-corrected chi connectivity index (χ4v) is 1.62. The first-order valence-corrected chi connectivity index (χ1v) is 5.65. The van der Waals surface area contributed by atoms with Crippen molar-refractivity contribution in [1.29, 1.82) is 0 Å². The number of ether oxygens (including phenoxy) is 1. The molecule has 0 radical (unpaired) electrons. The van der Waals surface area contributed by atoms with E-state index in [4.69, 9.17) is 4.74 Å². The predicted octanol–water partition coefficient (Wildman–Crippen LogP) is 0.383. The van der Waals surface area contributed by atoms with Crippen molar-refractivity contribution in [2.45, 2.75) is 26.3 Å². The minimum atomic E-state index is 0.122. The molecule has 15 heavy (non-hydrogen) atoms. The van der Waals surface area contributed by atoms with Crippen LogP contribution in [0.4, 0.5) is 0 Å². The van der Waals surface area contributed by atoms with Crippen LogP contribution < -0.4 is 10.6 Å². The molecule has 0 aromatic rings. The third-order valence-electron chi connectivity index (χ3n) is 3.08. The van der Waals surface area contributed by atoms with Gasteiger partial charge in [-0.05, 0) is 32.4 Å². The Morgan fingerprint density at radius 1 is 1.53 bits per heavy atom. The van der Waals surface area contributed by atoms with Crippen molar-refractivity contribution in [3.05, 3.63) is 0 Å². The first kappa shape index (κ1) is 12.5. The Morgan fingerprint density at radius 3 is 2.67 bits per heavy atom. The van der Waals surface area contributed by atoms with Crippen molar-refractivity contribution in [2.24, 2.45) is 11.8 Å². The summed E-state index contributed by atoms with van der Waals surface area (Å²) in [6.45, 7) is 6.66. The van der Waals surface area contributed by atoms with Gasteiger partial charge >= 0.3 is 0 Å². The Bertz CT molecular complexity index is 205. The lowest BCUT2D eigenvalue weighted by Gasteiger charge is -2.32. The predicted molar refractivity (Wildman–Crippen MR) is 59.6 cm³/mol. The average Bonchev–Trinajstić information content (AvgIpc) is 2.11. The summed E-state index contributed by atoms with van der Waals surface area (Å²) in [5.41, 5.74) is 0. The second-order valence-corrected chi connectivity index (χ2v) is 4.40. The molecular weight excluding hydrogens is 192 g/mol. The molecule has 1 saturated heterocycles. The zero-order valence-electron chi connectivity index (χ0n) is 9.88. The number of amides is 1. The van der Waals surface area contributed by atoms with Crippen LogP contribution >= 0.6 is 0 Å². The van der Waals surface area contributed by atoms with Crippen LogP contribution in [0.15, 0.2) is 0 Å². The van der Waals surface area contributed by atoms with Crippen LogP contribution in [0.3, 0.4) is 0 Å². The van der Waals surface area contributed by atoms with E-state index in [1.54, 1.807) is 7.11 Å². The van der Waals surface area contributed by atoms with E-state index in [0.29, 0.717) is 12.5 Å². The van der Waals surface area contributed by atoms with Crippen molar-refractivity contribution >= 4 is 5.91 Å². The van der Waals surface area contributed by atoms with Gasteiger partial charge in [-0.3, -0.25) is 4.79 Å². The molecule has 4 heteroatoms. The van der Waals surface area contributed by atoms with Gasteiger partial charge < -0.3 is 15.4 Å². The van der Waals surface area contributed by atoms with Gasteiger partial charge in [0.25, 0.3) is 0 Å². The summed E-state index contributed by atoms with van der Waals surface area (Å²) in [5.74, 6) is 0.806. The van der Waals surface area contributed by atoms with Gasteiger partial charge in [-0.1, -0.05) is 6.92 Å². The maximum atomic E-state index is 11.8. The molecule has 0 spiro atoms. The summed E-state index contributed by atoms with van der Waals surface area (Å²) < 4.78 is 4.97. The number of hydrogen-bond acceptors (Lipinski definition) is 3. The standard InChI is InChI=1S/C11H22N2O2/c1-8(4-5-15-3)13-11(14)9(2)10-6-12-7-10/h8-10,12H,4-7H2,1-3H3,(H,13,14). The van der Waals surface area contributed by atoms with E-state index < -0.39 is 0 Å². The molecule has 2 N–H and O–H groups in total. The van der Waals surface area contributed by atoms with Gasteiger partial charge in [0.05, 0.1) is 0 Å². The first-order chi connectivity index (χ1) is 7.15. The highest BCUT2D eigenvalue weighted by atomic mass is 16.5. The molecule has 0 aromatic carbocycles. The fraction of sp³-hybridized carbons (Fsp3) is 0.909. The van der Waals surface area contributed by atoms with Crippen LogP contribution in [0.2, 0.25) is 0 Å². The largest absolute Gasteiger partial charge is 0.385 e. The lowest BCUT2D eigenvalue weighted by molar-refractivity contribution is -0.127. The Hall–Kier alpha value is -0.610. The molecule has 88 valence electrons. The summed E-state index contributed by atoms with van der Waals surface area (Å²) in [6, 6.07) is 0.202. The zero-order chi connectivity index (χ0) is 11.3. The van der Waals surface area contributed by atoms with Crippen LogP contribution in [0, 0.1) is 11.8 Å². The van der Waals surface area contributed by atoms with E-state index in [0.717, 1.165) is 19.5 Å². The third kappa shape index (κ3) is 3.80. The maximum absolute atomic E-state index is 11.8. The summed E-state index contributed by atoms with van der Waals surface area (Å²) in [5, 5.41) is 6.20. The highest BCUT2D eigenvalue weighted by molar-refractivity contribution is 5.79. The van der Waals surface area contributed by atoms with Gasteiger partial charge in [-0.15, -0.1) is 0 Å². The molecule has 0 aliphatic carbocycles. The van der Waals surface area contributed by atoms with E-state index >= 15 is 0 Å². The number of nitrogens with one attached hydrogen (secondary N) is 2. The van der Waals surface area contributed by atoms with Crippen LogP contribution in [-0.4, -0.2) is 38.8 Å². The monoisotopic (exact) mass is 214 g/mol. The number of rotatable bonds is 6. The van der Waals surface area contributed by atoms with Crippen molar-refractivity contribution in [3.63, 3.8) is 0 Å². The number of methoxy groups -OCH3 is 1. The van der Waals surface area contributed by atoms with Crippen LogP contribution in [0.1, 0.15) is 20.3 Å². The van der Waals surface area contributed by atoms with Crippen molar-refractivity contribution in [1.82, 2.24) is 10.6 Å². The van der Waals surface area contributed by atoms with Gasteiger partial charge in [0.2, 0.25) is 5.91 Å². The molecular formula is C11H22N2O2. The molecule has 2 atom stereocenters. The Balaban J connectivity index is 2.21. The molecule has 1 rings (SSSR count). The maximum Gasteiger partial charge on any atom is 0.223 e. The van der Waals surface area contributed by atoms with E-state index in [2.05, 4.69) is 10.6 Å². The van der Waals surface area contributed by atoms with E-state index in [9.17, 15) is 4.79 Å². The molecule has 4 nitrogen and oxygen atoms in total. The molecule has 1 amide bonds. The zero-order valence-corrected chi connectivity index (χ0v) is 9.88. The Morgan fingerprint density at radius 2 is 2.20 bits per heavy atom. The average molecular weight is 214 g/mol. The van der Waals surface area contributed by atoms with Crippen LogP contribution in [0.25, 0.3) is 0 Å². The molecule has 1 aliphatic rings. The Labute approximate surface area is 91.8 Å². The first-order valence-electron chi connectivity index (χ1n) is 5.65. The van der Waals surface area contributed by atoms with Crippen molar-refractivity contribution < 1.29 is 9.53 Å². The minimum absolute atomic E-state index is 0.122. The third-order valence-corrected chi connectivity index (χ3v) is 3.08. The topological polar surface area (TPSA) is 50.4 Å². The molecule has 2 unspecified atom stereocenters. The molecule has 0 saturated carbocycles. The summed E-state index contributed by atoms with van der Waals surface area (Å²) in [6.07, 6.45) is 0.873. The molecule has 0 bridgehead atoms. The van der Waals surface area contributed by atoms with E-state index in [-0.39, 0.29) is 17.9 Å². The minimum Gasteiger partial charge on any atom is -0.385 e.